The normalized spacial score (nSPS) is 9.79. The lowest BCUT2D eigenvalue weighted by Crippen LogP contribution is -2.20. The molecule has 0 aliphatic carbocycles. The molecule has 14 heavy (non-hydrogen) atoms. The summed E-state index contributed by atoms with van der Waals surface area (Å²) in [5.74, 6) is -1.97. The highest BCUT2D eigenvalue weighted by atomic mass is 16.6. The Balaban J connectivity index is 3.67. The van der Waals surface area contributed by atoms with Crippen molar-refractivity contribution < 1.29 is 19.1 Å². The Labute approximate surface area is 83.2 Å². The van der Waals surface area contributed by atoms with Crippen molar-refractivity contribution in [3.63, 3.8) is 0 Å². The van der Waals surface area contributed by atoms with E-state index >= 15 is 0 Å². The van der Waals surface area contributed by atoms with Crippen molar-refractivity contribution >= 4 is 11.9 Å². The number of carbonyl (C=O) groups is 2. The van der Waals surface area contributed by atoms with Gasteiger partial charge in [0.05, 0.1) is 0 Å². The van der Waals surface area contributed by atoms with Gasteiger partial charge in [0.2, 0.25) is 0 Å². The first-order valence-electron chi connectivity index (χ1n) is 4.32. The molecule has 0 fully saturated rings. The molecular formula is C10H14O4. The van der Waals surface area contributed by atoms with Crippen LogP contribution in [0.4, 0.5) is 0 Å². The molecule has 0 atom stereocenters. The van der Waals surface area contributed by atoms with Gasteiger partial charge in [-0.15, -0.1) is 0 Å². The van der Waals surface area contributed by atoms with E-state index in [1.807, 2.05) is 13.0 Å². The molecule has 0 heterocycles. The van der Waals surface area contributed by atoms with Crippen LogP contribution in [-0.2, 0) is 19.1 Å². The Bertz CT molecular complexity index is 230. The third-order valence-corrected chi connectivity index (χ3v) is 1.21. The summed E-state index contributed by atoms with van der Waals surface area (Å²) in [5, 5.41) is 0. The van der Waals surface area contributed by atoms with Crippen molar-refractivity contribution in [2.75, 3.05) is 13.2 Å². The number of hydrogen-bond acceptors (Lipinski definition) is 4. The summed E-state index contributed by atoms with van der Waals surface area (Å²) >= 11 is 0. The second-order valence-electron chi connectivity index (χ2n) is 2.37. The lowest BCUT2D eigenvalue weighted by Gasteiger charge is -2.00. The van der Waals surface area contributed by atoms with Gasteiger partial charge >= 0.3 is 11.9 Å². The van der Waals surface area contributed by atoms with Crippen LogP contribution in [0.2, 0.25) is 0 Å². The maximum absolute atomic E-state index is 10.8. The van der Waals surface area contributed by atoms with E-state index in [4.69, 9.17) is 0 Å². The van der Waals surface area contributed by atoms with Gasteiger partial charge in [-0.3, -0.25) is 0 Å². The lowest BCUT2D eigenvalue weighted by atomic mass is 10.4. The Kier molecular flexibility index (Phi) is 7.13. The molecule has 0 aliphatic rings. The minimum Gasteiger partial charge on any atom is -0.453 e. The van der Waals surface area contributed by atoms with E-state index in [9.17, 15) is 9.59 Å². The van der Waals surface area contributed by atoms with E-state index in [2.05, 4.69) is 16.1 Å². The van der Waals surface area contributed by atoms with Crippen LogP contribution in [0.3, 0.4) is 0 Å². The van der Waals surface area contributed by atoms with Crippen molar-refractivity contribution in [3.8, 4) is 0 Å². The monoisotopic (exact) mass is 198 g/mol. The van der Waals surface area contributed by atoms with E-state index in [0.29, 0.717) is 0 Å². The Morgan fingerprint density at radius 1 is 1.14 bits per heavy atom. The molecule has 0 N–H and O–H groups in total. The smallest absolute Gasteiger partial charge is 0.417 e. The molecule has 0 unspecified atom stereocenters. The third-order valence-electron chi connectivity index (χ3n) is 1.21. The number of allylic oxidation sites excluding steroid dienone is 1. The highest BCUT2D eigenvalue weighted by molar-refractivity contribution is 6.29. The molecule has 0 aliphatic heterocycles. The van der Waals surface area contributed by atoms with Crippen molar-refractivity contribution in [3.05, 3.63) is 24.8 Å². The second kappa shape index (κ2) is 8.04. The fraction of sp³-hybridized carbons (Fsp3) is 0.400. The minimum absolute atomic E-state index is 0.0126. The van der Waals surface area contributed by atoms with Crippen molar-refractivity contribution in [2.24, 2.45) is 0 Å². The highest BCUT2D eigenvalue weighted by Gasteiger charge is 2.15. The standard InChI is InChI=1S/C10H14O4/c1-3-5-6-8-14-10(12)9(11)13-7-4-2/h4-6H,2-3,7-8H2,1H3/b6-5+. The van der Waals surface area contributed by atoms with Crippen LogP contribution in [-0.4, -0.2) is 25.2 Å². The number of hydrogen-bond donors (Lipinski definition) is 0. The van der Waals surface area contributed by atoms with Gasteiger partial charge in [-0.25, -0.2) is 9.59 Å². The predicted molar refractivity (Wildman–Crippen MR) is 51.5 cm³/mol. The summed E-state index contributed by atoms with van der Waals surface area (Å²) in [7, 11) is 0. The summed E-state index contributed by atoms with van der Waals surface area (Å²) < 4.78 is 9.02. The van der Waals surface area contributed by atoms with Gasteiger partial charge in [-0.05, 0) is 6.42 Å². The van der Waals surface area contributed by atoms with E-state index in [1.54, 1.807) is 6.08 Å². The van der Waals surface area contributed by atoms with Gasteiger partial charge < -0.3 is 9.47 Å². The van der Waals surface area contributed by atoms with Crippen LogP contribution in [0.15, 0.2) is 24.8 Å². The largest absolute Gasteiger partial charge is 0.453 e. The topological polar surface area (TPSA) is 52.6 Å². The third kappa shape index (κ3) is 5.99. The van der Waals surface area contributed by atoms with Crippen LogP contribution in [0, 0.1) is 0 Å². The zero-order valence-electron chi connectivity index (χ0n) is 8.19. The molecule has 0 aromatic carbocycles. The van der Waals surface area contributed by atoms with E-state index in [0.717, 1.165) is 6.42 Å². The van der Waals surface area contributed by atoms with Crippen LogP contribution in [0.5, 0.6) is 0 Å². The first-order valence-corrected chi connectivity index (χ1v) is 4.32. The van der Waals surface area contributed by atoms with Gasteiger partial charge in [0.15, 0.2) is 0 Å². The first kappa shape index (κ1) is 12.4. The van der Waals surface area contributed by atoms with Crippen LogP contribution >= 0.6 is 0 Å². The summed E-state index contributed by atoms with van der Waals surface area (Å²) in [6.45, 7) is 5.40. The first-order chi connectivity index (χ1) is 6.72. The van der Waals surface area contributed by atoms with Crippen molar-refractivity contribution in [2.45, 2.75) is 13.3 Å². The Morgan fingerprint density at radius 3 is 2.21 bits per heavy atom. The molecule has 0 spiro atoms. The summed E-state index contributed by atoms with van der Waals surface area (Å²) in [6, 6.07) is 0. The van der Waals surface area contributed by atoms with Crippen molar-refractivity contribution in [1.82, 2.24) is 0 Å². The average molecular weight is 198 g/mol. The van der Waals surface area contributed by atoms with Crippen LogP contribution < -0.4 is 0 Å². The maximum Gasteiger partial charge on any atom is 0.417 e. The molecule has 0 aromatic rings. The Morgan fingerprint density at radius 2 is 1.71 bits per heavy atom. The number of ether oxygens (including phenoxy) is 2. The molecule has 0 rings (SSSR count). The molecule has 78 valence electrons. The minimum atomic E-state index is -0.991. The van der Waals surface area contributed by atoms with E-state index < -0.39 is 11.9 Å². The van der Waals surface area contributed by atoms with Crippen molar-refractivity contribution in [1.29, 1.82) is 0 Å². The number of rotatable bonds is 5. The second-order valence-corrected chi connectivity index (χ2v) is 2.37. The zero-order chi connectivity index (χ0) is 10.8. The summed E-state index contributed by atoms with van der Waals surface area (Å²) in [5.41, 5.74) is 0. The maximum atomic E-state index is 10.8. The molecule has 0 radical (unpaired) electrons. The van der Waals surface area contributed by atoms with Gasteiger partial charge in [0.25, 0.3) is 0 Å². The van der Waals surface area contributed by atoms with Crippen LogP contribution in [0.1, 0.15) is 13.3 Å². The fourth-order valence-electron chi connectivity index (χ4n) is 0.611. The molecule has 0 saturated heterocycles. The van der Waals surface area contributed by atoms with Gasteiger partial charge in [0.1, 0.15) is 13.2 Å². The molecule has 4 nitrogen and oxygen atoms in total. The van der Waals surface area contributed by atoms with E-state index in [-0.39, 0.29) is 13.2 Å². The highest BCUT2D eigenvalue weighted by Crippen LogP contribution is 1.87. The van der Waals surface area contributed by atoms with E-state index in [1.165, 1.54) is 6.08 Å². The molecule has 0 aromatic heterocycles. The zero-order valence-corrected chi connectivity index (χ0v) is 8.19. The molecule has 0 saturated carbocycles. The summed E-state index contributed by atoms with van der Waals surface area (Å²) in [6.07, 6.45) is 5.74. The number of esters is 2. The molecule has 0 bridgehead atoms. The van der Waals surface area contributed by atoms with Gasteiger partial charge in [-0.1, -0.05) is 31.7 Å². The SMILES string of the molecule is C=CCOC(=O)C(=O)OC/C=C/CC. The lowest BCUT2D eigenvalue weighted by molar-refractivity contribution is -0.166. The fourth-order valence-corrected chi connectivity index (χ4v) is 0.611. The molecule has 4 heteroatoms. The quantitative estimate of drug-likeness (QED) is 0.378. The Hall–Kier alpha value is -1.58. The molecular weight excluding hydrogens is 184 g/mol. The van der Waals surface area contributed by atoms with Gasteiger partial charge in [-0.2, -0.15) is 0 Å². The average Bonchev–Trinajstić information content (AvgIpc) is 2.20. The number of carbonyl (C=O) groups excluding carboxylic acids is 2. The van der Waals surface area contributed by atoms with Crippen LogP contribution in [0.25, 0.3) is 0 Å². The predicted octanol–water partition coefficient (Wildman–Crippen LogP) is 1.22. The molecule has 0 amide bonds. The summed E-state index contributed by atoms with van der Waals surface area (Å²) in [4.78, 5) is 21.6. The van der Waals surface area contributed by atoms with Gasteiger partial charge in [0, 0.05) is 0 Å².